The largest absolute Gasteiger partial charge is 0.478 e. The number of carbonyl (C=O) groups is 4. The molecule has 2 aromatic rings. The molecule has 170 valence electrons. The molecule has 0 aromatic heterocycles. The third kappa shape index (κ3) is 7.23. The van der Waals surface area contributed by atoms with E-state index in [4.69, 9.17) is 5.11 Å². The summed E-state index contributed by atoms with van der Waals surface area (Å²) >= 11 is 0. The van der Waals surface area contributed by atoms with E-state index >= 15 is 0 Å². The second kappa shape index (κ2) is 12.2. The lowest BCUT2D eigenvalue weighted by atomic mass is 9.89. The van der Waals surface area contributed by atoms with Crippen LogP contribution in [0.2, 0.25) is 0 Å². The minimum Gasteiger partial charge on any atom is -0.478 e. The van der Waals surface area contributed by atoms with E-state index in [2.05, 4.69) is 16.0 Å². The molecule has 0 unspecified atom stereocenters. The first-order chi connectivity index (χ1) is 15.3. The Balaban J connectivity index is 1.97. The van der Waals surface area contributed by atoms with Gasteiger partial charge in [-0.15, -0.1) is 0 Å². The van der Waals surface area contributed by atoms with Crippen LogP contribution >= 0.6 is 0 Å². The average molecular weight is 440 g/mol. The van der Waals surface area contributed by atoms with Gasteiger partial charge in [-0.3, -0.25) is 9.59 Å². The summed E-state index contributed by atoms with van der Waals surface area (Å²) in [5.41, 5.74) is 1.20. The van der Waals surface area contributed by atoms with E-state index < -0.39 is 17.9 Å². The number of Topliss-reactive ketones (excluding diaryl/α,β-unsaturated/α-hetero) is 1. The summed E-state index contributed by atoms with van der Waals surface area (Å²) in [7, 11) is 0. The molecule has 2 aromatic carbocycles. The van der Waals surface area contributed by atoms with E-state index in [1.165, 1.54) is 24.3 Å². The van der Waals surface area contributed by atoms with Crippen LogP contribution in [0.25, 0.3) is 0 Å². The lowest BCUT2D eigenvalue weighted by Gasteiger charge is -2.17. The van der Waals surface area contributed by atoms with Crippen LogP contribution in [0.15, 0.2) is 48.5 Å². The number of carboxylic acids is 1. The maximum atomic E-state index is 13.0. The number of hydrogen-bond acceptors (Lipinski definition) is 4. The van der Waals surface area contributed by atoms with Crippen molar-refractivity contribution in [3.05, 3.63) is 59.7 Å². The highest BCUT2D eigenvalue weighted by molar-refractivity contribution is 6.06. The molecule has 8 heteroatoms. The number of amides is 3. The zero-order chi connectivity index (χ0) is 23.5. The van der Waals surface area contributed by atoms with Crippen molar-refractivity contribution in [3.63, 3.8) is 0 Å². The molecule has 3 amide bonds. The van der Waals surface area contributed by atoms with Crippen molar-refractivity contribution in [2.24, 2.45) is 5.92 Å². The van der Waals surface area contributed by atoms with E-state index in [0.717, 1.165) is 25.7 Å². The molecule has 0 radical (unpaired) electrons. The molecule has 8 nitrogen and oxygen atoms in total. The Labute approximate surface area is 187 Å². The Morgan fingerprint density at radius 1 is 0.906 bits per heavy atom. The van der Waals surface area contributed by atoms with E-state index in [9.17, 15) is 19.2 Å². The number of aromatic carboxylic acids is 1. The van der Waals surface area contributed by atoms with Gasteiger partial charge in [0.1, 0.15) is 0 Å². The zero-order valence-electron chi connectivity index (χ0n) is 18.3. The lowest BCUT2D eigenvalue weighted by molar-refractivity contribution is -0.115. The maximum Gasteiger partial charge on any atom is 0.335 e. The lowest BCUT2D eigenvalue weighted by Crippen LogP contribution is -2.36. The van der Waals surface area contributed by atoms with Crippen LogP contribution in [-0.2, 0) is 4.79 Å². The van der Waals surface area contributed by atoms with Crippen LogP contribution < -0.4 is 16.0 Å². The molecule has 0 bridgehead atoms. The van der Waals surface area contributed by atoms with Crippen LogP contribution in [0.4, 0.5) is 16.2 Å². The second-order valence-corrected chi connectivity index (χ2v) is 7.43. The fourth-order valence-electron chi connectivity index (χ4n) is 3.39. The molecule has 4 N–H and O–H groups in total. The Kier molecular flexibility index (Phi) is 9.41. The molecular weight excluding hydrogens is 410 g/mol. The summed E-state index contributed by atoms with van der Waals surface area (Å²) in [6.07, 6.45) is 3.39. The normalized spacial score (nSPS) is 10.5. The van der Waals surface area contributed by atoms with Gasteiger partial charge in [-0.05, 0) is 43.2 Å². The predicted molar refractivity (Wildman–Crippen MR) is 123 cm³/mol. The van der Waals surface area contributed by atoms with Crippen LogP contribution in [0.5, 0.6) is 0 Å². The maximum absolute atomic E-state index is 13.0. The zero-order valence-corrected chi connectivity index (χ0v) is 18.3. The molecule has 0 fully saturated rings. The van der Waals surface area contributed by atoms with E-state index in [0.29, 0.717) is 11.3 Å². The Morgan fingerprint density at radius 3 is 2.25 bits per heavy atom. The number of urea groups is 1. The quantitative estimate of drug-likeness (QED) is 0.383. The smallest absolute Gasteiger partial charge is 0.335 e. The molecule has 32 heavy (non-hydrogen) atoms. The van der Waals surface area contributed by atoms with Crippen molar-refractivity contribution in [2.45, 2.75) is 39.5 Å². The summed E-state index contributed by atoms with van der Waals surface area (Å²) < 4.78 is 0. The highest BCUT2D eigenvalue weighted by Crippen LogP contribution is 2.24. The highest BCUT2D eigenvalue weighted by atomic mass is 16.4. The fraction of sp³-hybridized carbons (Fsp3) is 0.333. The number of benzene rings is 2. The summed E-state index contributed by atoms with van der Waals surface area (Å²) in [4.78, 5) is 48.4. The molecule has 0 atom stereocenters. The van der Waals surface area contributed by atoms with Crippen LogP contribution in [0, 0.1) is 5.92 Å². The number of hydrogen-bond donors (Lipinski definition) is 4. The van der Waals surface area contributed by atoms with Crippen molar-refractivity contribution < 1.29 is 24.3 Å². The molecule has 0 saturated heterocycles. The van der Waals surface area contributed by atoms with Gasteiger partial charge in [0.05, 0.1) is 17.8 Å². The molecule has 0 aliphatic heterocycles. The van der Waals surface area contributed by atoms with E-state index in [-0.39, 0.29) is 29.5 Å². The van der Waals surface area contributed by atoms with Crippen molar-refractivity contribution in [3.8, 4) is 0 Å². The molecule has 0 saturated carbocycles. The second-order valence-electron chi connectivity index (χ2n) is 7.43. The summed E-state index contributed by atoms with van der Waals surface area (Å²) in [5, 5.41) is 16.6. The number of anilines is 2. The molecule has 0 aliphatic carbocycles. The Bertz CT molecular complexity index is 968. The minimum atomic E-state index is -1.11. The van der Waals surface area contributed by atoms with Crippen molar-refractivity contribution in [1.29, 1.82) is 0 Å². The van der Waals surface area contributed by atoms with Gasteiger partial charge in [0.15, 0.2) is 5.78 Å². The van der Waals surface area contributed by atoms with Crippen molar-refractivity contribution >= 4 is 35.1 Å². The van der Waals surface area contributed by atoms with Gasteiger partial charge in [-0.2, -0.15) is 0 Å². The molecule has 0 spiro atoms. The Morgan fingerprint density at radius 2 is 1.59 bits per heavy atom. The SMILES string of the molecule is CCCC(CCC)C(=O)c1ccccc1NC(=O)CNC(=O)Nc1cccc(C(=O)O)c1. The first kappa shape index (κ1) is 24.6. The topological polar surface area (TPSA) is 125 Å². The van der Waals surface area contributed by atoms with Crippen LogP contribution in [0.3, 0.4) is 0 Å². The number of carboxylic acid groups (broad SMARTS) is 1. The number of nitrogens with one attached hydrogen (secondary N) is 3. The molecule has 0 heterocycles. The highest BCUT2D eigenvalue weighted by Gasteiger charge is 2.21. The standard InChI is InChI=1S/C24H29N3O5/c1-3-8-16(9-4-2)22(29)19-12-5-6-13-20(19)27-21(28)15-25-24(32)26-18-11-7-10-17(14-18)23(30)31/h5-7,10-14,16H,3-4,8-9,15H2,1-2H3,(H,27,28)(H,30,31)(H2,25,26,32). The molecular formula is C24H29N3O5. The Hall–Kier alpha value is -3.68. The molecule has 0 aliphatic rings. The van der Waals surface area contributed by atoms with Crippen molar-refractivity contribution in [2.75, 3.05) is 17.2 Å². The fourth-order valence-corrected chi connectivity index (χ4v) is 3.39. The van der Waals surface area contributed by atoms with Gasteiger partial charge in [0, 0.05) is 17.2 Å². The summed E-state index contributed by atoms with van der Waals surface area (Å²) in [5.74, 6) is -1.67. The first-order valence-electron chi connectivity index (χ1n) is 10.7. The van der Waals surface area contributed by atoms with E-state index in [1.54, 1.807) is 24.3 Å². The van der Waals surface area contributed by atoms with Crippen LogP contribution in [0.1, 0.15) is 60.2 Å². The number of carbonyl (C=O) groups excluding carboxylic acids is 3. The van der Waals surface area contributed by atoms with Gasteiger partial charge in [-0.1, -0.05) is 44.9 Å². The third-order valence-corrected chi connectivity index (χ3v) is 4.89. The van der Waals surface area contributed by atoms with Gasteiger partial charge >= 0.3 is 12.0 Å². The van der Waals surface area contributed by atoms with Crippen molar-refractivity contribution in [1.82, 2.24) is 5.32 Å². The molecule has 2 rings (SSSR count). The third-order valence-electron chi connectivity index (χ3n) is 4.89. The summed E-state index contributed by atoms with van der Waals surface area (Å²) in [6, 6.07) is 12.0. The number of para-hydroxylation sites is 1. The predicted octanol–water partition coefficient (Wildman–Crippen LogP) is 4.54. The van der Waals surface area contributed by atoms with Gasteiger partial charge in [0.2, 0.25) is 5.91 Å². The first-order valence-corrected chi connectivity index (χ1v) is 10.7. The van der Waals surface area contributed by atoms with Gasteiger partial charge in [0.25, 0.3) is 0 Å². The van der Waals surface area contributed by atoms with Gasteiger partial charge in [-0.25, -0.2) is 9.59 Å². The van der Waals surface area contributed by atoms with Gasteiger partial charge < -0.3 is 21.1 Å². The average Bonchev–Trinajstić information content (AvgIpc) is 2.77. The monoisotopic (exact) mass is 439 g/mol. The summed E-state index contributed by atoms with van der Waals surface area (Å²) in [6.45, 7) is 3.76. The van der Waals surface area contributed by atoms with Crippen LogP contribution in [-0.4, -0.2) is 35.3 Å². The number of rotatable bonds is 11. The minimum absolute atomic E-state index is 0.00798. The van der Waals surface area contributed by atoms with E-state index in [1.807, 2.05) is 13.8 Å². The number of ketones is 1.